The van der Waals surface area contributed by atoms with Crippen LogP contribution < -0.4 is 5.32 Å². The number of likely N-dealkylation sites (N-methyl/N-ethyl adjacent to an activating group) is 1. The van der Waals surface area contributed by atoms with Gasteiger partial charge in [-0.2, -0.15) is 0 Å². The van der Waals surface area contributed by atoms with E-state index in [1.165, 1.54) is 6.08 Å². The minimum atomic E-state index is -0.0719. The molecule has 0 aliphatic carbocycles. The third-order valence-corrected chi connectivity index (χ3v) is 0.735. The molecule has 1 N–H and O–H groups in total. The van der Waals surface area contributed by atoms with Crippen molar-refractivity contribution in [1.82, 2.24) is 5.32 Å². The van der Waals surface area contributed by atoms with Crippen molar-refractivity contribution >= 4 is 5.91 Å². The van der Waals surface area contributed by atoms with Gasteiger partial charge in [0.05, 0.1) is 0 Å². The Morgan fingerprint density at radius 1 is 1.78 bits per heavy atom. The Kier molecular flexibility index (Phi) is 4.50. The standard InChI is InChI=1S/C7H11NO/c1-3-5-6-7(9)8-4-2/h3,5-6H,1,4H2,2H3,(H,8,9)/b6-5-. The summed E-state index contributed by atoms with van der Waals surface area (Å²) in [5.74, 6) is -0.0719. The van der Waals surface area contributed by atoms with Gasteiger partial charge < -0.3 is 5.32 Å². The molecule has 0 bridgehead atoms. The fourth-order valence-electron chi connectivity index (χ4n) is 0.389. The van der Waals surface area contributed by atoms with Crippen molar-refractivity contribution in [2.24, 2.45) is 0 Å². The third kappa shape index (κ3) is 4.81. The fraction of sp³-hybridized carbons (Fsp3) is 0.286. The van der Waals surface area contributed by atoms with Crippen molar-refractivity contribution in [2.45, 2.75) is 6.92 Å². The highest BCUT2D eigenvalue weighted by atomic mass is 16.1. The van der Waals surface area contributed by atoms with Crippen molar-refractivity contribution in [3.8, 4) is 0 Å². The Balaban J connectivity index is 3.49. The van der Waals surface area contributed by atoms with E-state index in [4.69, 9.17) is 0 Å². The van der Waals surface area contributed by atoms with Crippen LogP contribution in [-0.2, 0) is 4.79 Å². The lowest BCUT2D eigenvalue weighted by Gasteiger charge is -1.91. The van der Waals surface area contributed by atoms with Crippen molar-refractivity contribution in [3.05, 3.63) is 24.8 Å². The SMILES string of the molecule is C=C/C=C\C(=O)NCC. The number of allylic oxidation sites excluding steroid dienone is 2. The molecule has 0 aromatic rings. The van der Waals surface area contributed by atoms with Gasteiger partial charge in [0.25, 0.3) is 0 Å². The van der Waals surface area contributed by atoms with E-state index in [9.17, 15) is 4.79 Å². The van der Waals surface area contributed by atoms with E-state index in [2.05, 4.69) is 11.9 Å². The zero-order valence-corrected chi connectivity index (χ0v) is 5.55. The molecule has 2 heteroatoms. The molecule has 0 rings (SSSR count). The molecule has 0 atom stereocenters. The van der Waals surface area contributed by atoms with Crippen molar-refractivity contribution in [3.63, 3.8) is 0 Å². The largest absolute Gasteiger partial charge is 0.353 e. The second-order valence-electron chi connectivity index (χ2n) is 1.49. The first-order chi connectivity index (χ1) is 4.31. The van der Waals surface area contributed by atoms with E-state index in [1.54, 1.807) is 12.2 Å². The Morgan fingerprint density at radius 3 is 2.89 bits per heavy atom. The second kappa shape index (κ2) is 5.09. The Hall–Kier alpha value is -1.05. The van der Waals surface area contributed by atoms with Gasteiger partial charge in [-0.25, -0.2) is 0 Å². The number of carbonyl (C=O) groups excluding carboxylic acids is 1. The molecule has 0 radical (unpaired) electrons. The van der Waals surface area contributed by atoms with Gasteiger partial charge in [-0.1, -0.05) is 18.7 Å². The summed E-state index contributed by atoms with van der Waals surface area (Å²) in [7, 11) is 0. The molecule has 0 aliphatic heterocycles. The van der Waals surface area contributed by atoms with Crippen LogP contribution >= 0.6 is 0 Å². The molecule has 0 saturated carbocycles. The average molecular weight is 125 g/mol. The van der Waals surface area contributed by atoms with Gasteiger partial charge >= 0.3 is 0 Å². The summed E-state index contributed by atoms with van der Waals surface area (Å²) in [5.41, 5.74) is 0. The molecular weight excluding hydrogens is 114 g/mol. The summed E-state index contributed by atoms with van der Waals surface area (Å²) < 4.78 is 0. The molecule has 0 aromatic heterocycles. The van der Waals surface area contributed by atoms with E-state index >= 15 is 0 Å². The molecule has 0 spiro atoms. The van der Waals surface area contributed by atoms with Gasteiger partial charge in [-0.05, 0) is 6.92 Å². The minimum absolute atomic E-state index is 0.0719. The zero-order valence-electron chi connectivity index (χ0n) is 5.55. The van der Waals surface area contributed by atoms with E-state index < -0.39 is 0 Å². The predicted octanol–water partition coefficient (Wildman–Crippen LogP) is 0.865. The molecule has 1 amide bonds. The summed E-state index contributed by atoms with van der Waals surface area (Å²) in [6.45, 7) is 5.97. The van der Waals surface area contributed by atoms with Gasteiger partial charge in [0.1, 0.15) is 0 Å². The molecule has 0 aromatic carbocycles. The highest BCUT2D eigenvalue weighted by molar-refractivity contribution is 5.87. The van der Waals surface area contributed by atoms with Crippen molar-refractivity contribution < 1.29 is 4.79 Å². The summed E-state index contributed by atoms with van der Waals surface area (Å²) in [6.07, 6.45) is 4.61. The van der Waals surface area contributed by atoms with Gasteiger partial charge in [0, 0.05) is 12.6 Å². The average Bonchev–Trinajstić information content (AvgIpc) is 1.85. The predicted molar refractivity (Wildman–Crippen MR) is 38.0 cm³/mol. The lowest BCUT2D eigenvalue weighted by atomic mass is 10.4. The quantitative estimate of drug-likeness (QED) is 0.440. The summed E-state index contributed by atoms with van der Waals surface area (Å²) in [4.78, 5) is 10.6. The van der Waals surface area contributed by atoms with Gasteiger partial charge in [-0.15, -0.1) is 0 Å². The van der Waals surface area contributed by atoms with E-state index in [0.717, 1.165) is 0 Å². The van der Waals surface area contributed by atoms with Crippen LogP contribution in [0.1, 0.15) is 6.92 Å². The minimum Gasteiger partial charge on any atom is -0.353 e. The highest BCUT2D eigenvalue weighted by Gasteiger charge is 1.86. The van der Waals surface area contributed by atoms with Crippen LogP contribution in [-0.4, -0.2) is 12.5 Å². The van der Waals surface area contributed by atoms with Crippen molar-refractivity contribution in [1.29, 1.82) is 0 Å². The summed E-state index contributed by atoms with van der Waals surface area (Å²) in [6, 6.07) is 0. The molecular formula is C7H11NO. The number of nitrogens with one attached hydrogen (secondary N) is 1. The smallest absolute Gasteiger partial charge is 0.243 e. The maximum absolute atomic E-state index is 10.6. The maximum Gasteiger partial charge on any atom is 0.243 e. The topological polar surface area (TPSA) is 29.1 Å². The molecule has 0 unspecified atom stereocenters. The molecule has 0 heterocycles. The summed E-state index contributed by atoms with van der Waals surface area (Å²) in [5, 5.41) is 2.61. The molecule has 2 nitrogen and oxygen atoms in total. The number of hydrogen-bond donors (Lipinski definition) is 1. The number of amides is 1. The zero-order chi connectivity index (χ0) is 7.11. The molecule has 9 heavy (non-hydrogen) atoms. The number of rotatable bonds is 3. The molecule has 0 saturated heterocycles. The van der Waals surface area contributed by atoms with Gasteiger partial charge in [-0.3, -0.25) is 4.79 Å². The van der Waals surface area contributed by atoms with Crippen LogP contribution in [0.15, 0.2) is 24.8 Å². The first kappa shape index (κ1) is 7.95. The van der Waals surface area contributed by atoms with Crippen LogP contribution in [0.3, 0.4) is 0 Å². The summed E-state index contributed by atoms with van der Waals surface area (Å²) >= 11 is 0. The maximum atomic E-state index is 10.6. The Morgan fingerprint density at radius 2 is 2.44 bits per heavy atom. The fourth-order valence-corrected chi connectivity index (χ4v) is 0.389. The van der Waals surface area contributed by atoms with Crippen LogP contribution in [0.25, 0.3) is 0 Å². The normalized spacial score (nSPS) is 9.44. The van der Waals surface area contributed by atoms with Crippen LogP contribution in [0, 0.1) is 0 Å². The second-order valence-corrected chi connectivity index (χ2v) is 1.49. The highest BCUT2D eigenvalue weighted by Crippen LogP contribution is 1.72. The monoisotopic (exact) mass is 125 g/mol. The lowest BCUT2D eigenvalue weighted by molar-refractivity contribution is -0.116. The lowest BCUT2D eigenvalue weighted by Crippen LogP contribution is -2.19. The van der Waals surface area contributed by atoms with Crippen LogP contribution in [0.2, 0.25) is 0 Å². The van der Waals surface area contributed by atoms with E-state index in [-0.39, 0.29) is 5.91 Å². The molecule has 0 aliphatic rings. The van der Waals surface area contributed by atoms with Crippen molar-refractivity contribution in [2.75, 3.05) is 6.54 Å². The van der Waals surface area contributed by atoms with E-state index in [0.29, 0.717) is 6.54 Å². The first-order valence-corrected chi connectivity index (χ1v) is 2.88. The van der Waals surface area contributed by atoms with E-state index in [1.807, 2.05) is 6.92 Å². The number of carbonyl (C=O) groups is 1. The third-order valence-electron chi connectivity index (χ3n) is 0.735. The Bertz CT molecular complexity index is 127. The first-order valence-electron chi connectivity index (χ1n) is 2.88. The van der Waals surface area contributed by atoms with Crippen LogP contribution in [0.4, 0.5) is 0 Å². The van der Waals surface area contributed by atoms with Crippen LogP contribution in [0.5, 0.6) is 0 Å². The molecule has 0 fully saturated rings. The molecule has 50 valence electrons. The number of hydrogen-bond acceptors (Lipinski definition) is 1. The van der Waals surface area contributed by atoms with Gasteiger partial charge in [0.2, 0.25) is 5.91 Å². The van der Waals surface area contributed by atoms with Gasteiger partial charge in [0.15, 0.2) is 0 Å². The Labute approximate surface area is 55.3 Å².